The fourth-order valence-electron chi connectivity index (χ4n) is 0.299. The van der Waals surface area contributed by atoms with Crippen LogP contribution in [0.4, 0.5) is 0 Å². The van der Waals surface area contributed by atoms with Gasteiger partial charge < -0.3 is 0 Å². The van der Waals surface area contributed by atoms with E-state index in [2.05, 4.69) is 12.3 Å². The van der Waals surface area contributed by atoms with Crippen LogP contribution in [0.2, 0.25) is 0 Å². The first-order chi connectivity index (χ1) is 3.91. The second kappa shape index (κ2) is 6.00. The van der Waals surface area contributed by atoms with Gasteiger partial charge in [-0.1, -0.05) is 30.9 Å². The molecular weight excluding hydrogens is 96.1 g/mol. The van der Waals surface area contributed by atoms with E-state index in [1.165, 1.54) is 0 Å². The summed E-state index contributed by atoms with van der Waals surface area (Å²) in [7, 11) is 0. The molecule has 0 aromatic heterocycles. The molecular formula is C8H10. The zero-order chi connectivity index (χ0) is 6.24. The van der Waals surface area contributed by atoms with Crippen molar-refractivity contribution in [1.29, 1.82) is 0 Å². The van der Waals surface area contributed by atoms with Crippen LogP contribution in [0.3, 0.4) is 0 Å². The van der Waals surface area contributed by atoms with Gasteiger partial charge in [0.1, 0.15) is 0 Å². The lowest BCUT2D eigenvalue weighted by Gasteiger charge is -1.65. The maximum absolute atomic E-state index is 3.40. The lowest BCUT2D eigenvalue weighted by Crippen LogP contribution is -1.44. The predicted octanol–water partition coefficient (Wildman–Crippen LogP) is 2.46. The average Bonchev–Trinajstić information content (AvgIpc) is 1.81. The van der Waals surface area contributed by atoms with Crippen molar-refractivity contribution in [2.75, 3.05) is 0 Å². The van der Waals surface area contributed by atoms with Gasteiger partial charge in [-0.25, -0.2) is 0 Å². The Morgan fingerprint density at radius 3 is 2.50 bits per heavy atom. The van der Waals surface area contributed by atoms with E-state index in [1.54, 1.807) is 6.08 Å². The molecule has 0 aliphatic heterocycles. The summed E-state index contributed by atoms with van der Waals surface area (Å²) in [5.74, 6) is 0. The first-order valence-electron chi connectivity index (χ1n) is 2.55. The van der Waals surface area contributed by atoms with Crippen LogP contribution in [0.1, 0.15) is 6.92 Å². The molecule has 0 nitrogen and oxygen atoms in total. The summed E-state index contributed by atoms with van der Waals surface area (Å²) in [5, 5.41) is 0. The third kappa shape index (κ3) is 5.00. The van der Waals surface area contributed by atoms with E-state index < -0.39 is 0 Å². The highest BCUT2D eigenvalue weighted by Gasteiger charge is 1.54. The minimum Gasteiger partial charge on any atom is -0.129 e. The highest BCUT2D eigenvalue weighted by Crippen LogP contribution is 1.75. The Bertz CT molecular complexity index is 132. The van der Waals surface area contributed by atoms with Crippen molar-refractivity contribution in [1.82, 2.24) is 0 Å². The van der Waals surface area contributed by atoms with E-state index in [1.807, 2.05) is 31.2 Å². The van der Waals surface area contributed by atoms with Crippen LogP contribution in [0.5, 0.6) is 0 Å². The molecule has 0 heteroatoms. The molecule has 0 aliphatic carbocycles. The molecule has 0 unspecified atom stereocenters. The molecule has 0 aliphatic rings. The first-order valence-corrected chi connectivity index (χ1v) is 2.55. The summed E-state index contributed by atoms with van der Waals surface area (Å²) in [6.45, 7) is 5.38. The topological polar surface area (TPSA) is 0 Å². The van der Waals surface area contributed by atoms with E-state index in [-0.39, 0.29) is 0 Å². The second-order valence-corrected chi connectivity index (χ2v) is 1.28. The summed E-state index contributed by atoms with van der Waals surface area (Å²) in [4.78, 5) is 0. The monoisotopic (exact) mass is 106 g/mol. The normalized spacial score (nSPS) is 10.1. The minimum absolute atomic E-state index is 1.76. The molecule has 0 fully saturated rings. The van der Waals surface area contributed by atoms with Gasteiger partial charge >= 0.3 is 0 Å². The van der Waals surface area contributed by atoms with Gasteiger partial charge in [-0.3, -0.25) is 0 Å². The van der Waals surface area contributed by atoms with Crippen LogP contribution in [0.25, 0.3) is 0 Å². The summed E-state index contributed by atoms with van der Waals surface area (Å²) < 4.78 is 0. The van der Waals surface area contributed by atoms with Crippen LogP contribution >= 0.6 is 0 Å². The van der Waals surface area contributed by atoms with Crippen molar-refractivity contribution < 1.29 is 0 Å². The molecule has 0 aromatic carbocycles. The van der Waals surface area contributed by atoms with E-state index in [9.17, 15) is 0 Å². The Hall–Kier alpha value is -1.00. The van der Waals surface area contributed by atoms with Crippen LogP contribution in [-0.4, -0.2) is 0 Å². The molecule has 0 bridgehead atoms. The Labute approximate surface area is 50.5 Å². The zero-order valence-corrected chi connectivity index (χ0v) is 5.09. The van der Waals surface area contributed by atoms with E-state index in [0.717, 1.165) is 0 Å². The first kappa shape index (κ1) is 7.00. The van der Waals surface area contributed by atoms with Gasteiger partial charge in [0.25, 0.3) is 0 Å². The number of allylic oxidation sites excluding steroid dienone is 5. The van der Waals surface area contributed by atoms with Gasteiger partial charge in [0.15, 0.2) is 0 Å². The minimum atomic E-state index is 1.76. The standard InChI is InChI=1S/C8H10/c1-3-5-7-8-6-4-2/h4-8H,1H2,2H3/b6-4+,8-7+. The Kier molecular flexibility index (Phi) is 5.25. The summed E-state index contributed by atoms with van der Waals surface area (Å²) in [5.41, 5.74) is 2.63. The molecule has 0 radical (unpaired) electrons. The van der Waals surface area contributed by atoms with Gasteiger partial charge in [-0.05, 0) is 13.0 Å². The molecule has 0 atom stereocenters. The van der Waals surface area contributed by atoms with Crippen molar-refractivity contribution >= 4 is 0 Å². The van der Waals surface area contributed by atoms with Gasteiger partial charge in [-0.2, -0.15) is 0 Å². The van der Waals surface area contributed by atoms with Crippen molar-refractivity contribution in [3.63, 3.8) is 0 Å². The van der Waals surface area contributed by atoms with Gasteiger partial charge in [0, 0.05) is 0 Å². The summed E-state index contributed by atoms with van der Waals surface area (Å²) in [6, 6.07) is 0. The quantitative estimate of drug-likeness (QED) is 0.374. The Balaban J connectivity index is 3.50. The third-order valence-electron chi connectivity index (χ3n) is 0.629. The largest absolute Gasteiger partial charge is 0.129 e. The highest BCUT2D eigenvalue weighted by molar-refractivity contribution is 5.09. The second-order valence-electron chi connectivity index (χ2n) is 1.28. The SMILES string of the molecule is C=C=C/C=C/C=C/C. The van der Waals surface area contributed by atoms with Crippen molar-refractivity contribution in [3.8, 4) is 0 Å². The van der Waals surface area contributed by atoms with Crippen molar-refractivity contribution in [2.24, 2.45) is 0 Å². The molecule has 0 spiro atoms. The van der Waals surface area contributed by atoms with Crippen LogP contribution in [0.15, 0.2) is 42.7 Å². The highest BCUT2D eigenvalue weighted by atomic mass is 13.6. The zero-order valence-electron chi connectivity index (χ0n) is 5.09. The van der Waals surface area contributed by atoms with Gasteiger partial charge in [0.2, 0.25) is 0 Å². The van der Waals surface area contributed by atoms with Crippen LogP contribution in [0, 0.1) is 0 Å². The fraction of sp³-hybridized carbons (Fsp3) is 0.125. The molecule has 0 amide bonds. The Morgan fingerprint density at radius 2 is 2.00 bits per heavy atom. The number of hydrogen-bond donors (Lipinski definition) is 0. The smallest absolute Gasteiger partial charge is 0.0206 e. The number of hydrogen-bond acceptors (Lipinski definition) is 0. The lowest BCUT2D eigenvalue weighted by atomic mass is 10.4. The molecule has 0 saturated heterocycles. The summed E-state index contributed by atoms with van der Waals surface area (Å²) in [6.07, 6.45) is 9.49. The molecule has 0 aromatic rings. The molecule has 8 heavy (non-hydrogen) atoms. The average molecular weight is 106 g/mol. The van der Waals surface area contributed by atoms with E-state index in [0.29, 0.717) is 0 Å². The predicted molar refractivity (Wildman–Crippen MR) is 37.7 cm³/mol. The van der Waals surface area contributed by atoms with Crippen LogP contribution < -0.4 is 0 Å². The van der Waals surface area contributed by atoms with Gasteiger partial charge in [-0.15, -0.1) is 5.73 Å². The van der Waals surface area contributed by atoms with E-state index in [4.69, 9.17) is 0 Å². The number of rotatable bonds is 2. The Morgan fingerprint density at radius 1 is 1.25 bits per heavy atom. The maximum Gasteiger partial charge on any atom is -0.0206 e. The maximum atomic E-state index is 3.40. The van der Waals surface area contributed by atoms with Crippen LogP contribution in [-0.2, 0) is 0 Å². The van der Waals surface area contributed by atoms with Crippen molar-refractivity contribution in [2.45, 2.75) is 6.92 Å². The third-order valence-corrected chi connectivity index (χ3v) is 0.629. The molecule has 0 saturated carbocycles. The van der Waals surface area contributed by atoms with Crippen molar-refractivity contribution in [3.05, 3.63) is 42.7 Å². The lowest BCUT2D eigenvalue weighted by molar-refractivity contribution is 1.73. The molecule has 0 rings (SSSR count). The van der Waals surface area contributed by atoms with E-state index >= 15 is 0 Å². The van der Waals surface area contributed by atoms with Gasteiger partial charge in [0.05, 0.1) is 0 Å². The summed E-state index contributed by atoms with van der Waals surface area (Å²) >= 11 is 0. The molecule has 0 N–H and O–H groups in total. The molecule has 42 valence electrons. The molecule has 0 heterocycles. The fourth-order valence-corrected chi connectivity index (χ4v) is 0.299.